The second-order valence-electron chi connectivity index (χ2n) is 1.01. The third kappa shape index (κ3) is 5.21. The summed E-state index contributed by atoms with van der Waals surface area (Å²) < 4.78 is 26.4. The van der Waals surface area contributed by atoms with Crippen molar-refractivity contribution in [3.63, 3.8) is 0 Å². The first-order chi connectivity index (χ1) is 3.85. The van der Waals surface area contributed by atoms with Gasteiger partial charge in [0.2, 0.25) is 0 Å². The second-order valence-corrected chi connectivity index (χ2v) is 3.92. The average Bonchev–Trinajstić information content (AvgIpc) is 1.62. The Morgan fingerprint density at radius 2 is 1.50 bits per heavy atom. The van der Waals surface area contributed by atoms with E-state index in [4.69, 9.17) is 39.4 Å². The summed E-state index contributed by atoms with van der Waals surface area (Å²) in [6.45, 7) is 0. The van der Waals surface area contributed by atoms with Gasteiger partial charge in [-0.1, -0.05) is 34.8 Å². The van der Waals surface area contributed by atoms with Crippen molar-refractivity contribution in [2.24, 2.45) is 0 Å². The first kappa shape index (κ1) is 14.1. The van der Waals surface area contributed by atoms with Gasteiger partial charge < -0.3 is 0 Å². The van der Waals surface area contributed by atoms with Crippen LogP contribution in [0.4, 0.5) is 0 Å². The number of halogens is 3. The predicted octanol–water partition coefficient (Wildman–Crippen LogP) is 1.07. The van der Waals surface area contributed by atoms with E-state index in [2.05, 4.69) is 0 Å². The fourth-order valence-electron chi connectivity index (χ4n) is 0.0975. The van der Waals surface area contributed by atoms with Crippen molar-refractivity contribution in [2.45, 2.75) is 0 Å². The summed E-state index contributed by atoms with van der Waals surface area (Å²) in [6.07, 6.45) is 0. The van der Waals surface area contributed by atoms with Crippen LogP contribution in [0, 0.1) is 0 Å². The van der Waals surface area contributed by atoms with Crippen molar-refractivity contribution in [1.82, 2.24) is 0 Å². The van der Waals surface area contributed by atoms with E-state index < -0.39 is 19.0 Å². The fourth-order valence-corrected chi connectivity index (χ4v) is 0.877. The van der Waals surface area contributed by atoms with Gasteiger partial charge in [0.05, 0.1) is 0 Å². The zero-order valence-electron chi connectivity index (χ0n) is 3.81. The third-order valence-electron chi connectivity index (χ3n) is 0.375. The van der Waals surface area contributed by atoms with Crippen LogP contribution in [0.15, 0.2) is 8.86 Å². The maximum absolute atomic E-state index is 9.97. The normalized spacial score (nSPS) is 10.0. The molecule has 0 aliphatic carbocycles. The van der Waals surface area contributed by atoms with Crippen molar-refractivity contribution in [2.75, 3.05) is 0 Å². The first-order valence-electron chi connectivity index (χ1n) is 1.54. The molecule has 0 unspecified atom stereocenters. The molecule has 0 fully saturated rings. The summed E-state index contributed by atoms with van der Waals surface area (Å²) >= 11 is 14.6. The second kappa shape index (κ2) is 5.22. The van der Waals surface area contributed by atoms with Crippen LogP contribution in [0.25, 0.3) is 0 Å². The molecule has 3 nitrogen and oxygen atoms in total. The molecule has 0 heterocycles. The van der Waals surface area contributed by atoms with E-state index in [0.29, 0.717) is 0 Å². The van der Waals surface area contributed by atoms with Gasteiger partial charge in [-0.25, -0.2) is 0 Å². The average molecular weight is 235 g/mol. The summed E-state index contributed by atoms with van der Waals surface area (Å²) in [4.78, 5) is 0. The van der Waals surface area contributed by atoms with Crippen LogP contribution in [0.2, 0.25) is 0 Å². The van der Waals surface area contributed by atoms with Gasteiger partial charge >= 0.3 is 39.7 Å². The first-order valence-corrected chi connectivity index (χ1v) is 4.11. The molecular weight excluding hydrogens is 233 g/mol. The Morgan fingerprint density at radius 3 is 1.50 bits per heavy atom. The van der Waals surface area contributed by atoms with Crippen molar-refractivity contribution in [3.05, 3.63) is 8.86 Å². The van der Waals surface area contributed by atoms with Crippen molar-refractivity contribution < 1.29 is 13.0 Å². The molecule has 0 atom stereocenters. The molecule has 0 aromatic heterocycles. The molecule has 56 valence electrons. The SMILES string of the molecule is O=S(=O)(O)C(Cl)=C(Cl)Cl.[NaH]. The van der Waals surface area contributed by atoms with Gasteiger partial charge in [-0.05, 0) is 0 Å². The van der Waals surface area contributed by atoms with E-state index in [1.807, 2.05) is 0 Å². The van der Waals surface area contributed by atoms with Gasteiger partial charge in [0.15, 0.2) is 4.36 Å². The number of hydrogen-bond donors (Lipinski definition) is 1. The van der Waals surface area contributed by atoms with Gasteiger partial charge in [0.1, 0.15) is 4.49 Å². The molecule has 0 aromatic carbocycles. The Morgan fingerprint density at radius 1 is 1.20 bits per heavy atom. The Balaban J connectivity index is 0. The Bertz CT molecular complexity index is 228. The fraction of sp³-hybridized carbons (Fsp3) is 0. The minimum absolute atomic E-state index is 0. The molecular formula is C2H2Cl3NaO3S. The standard InChI is InChI=1S/C2HCl3O3S.Na.H/c3-1(4)2(5)9(6,7)8;;/h(H,6,7,8);;. The van der Waals surface area contributed by atoms with Gasteiger partial charge in [-0.2, -0.15) is 8.42 Å². The van der Waals surface area contributed by atoms with Crippen LogP contribution in [-0.2, 0) is 10.1 Å². The quantitative estimate of drug-likeness (QED) is 0.546. The van der Waals surface area contributed by atoms with Gasteiger partial charge in [-0.3, -0.25) is 4.55 Å². The van der Waals surface area contributed by atoms with Crippen molar-refractivity contribution >= 4 is 74.5 Å². The van der Waals surface area contributed by atoms with Gasteiger partial charge in [-0.15, -0.1) is 0 Å². The number of hydrogen-bond acceptors (Lipinski definition) is 2. The van der Waals surface area contributed by atoms with Crippen LogP contribution < -0.4 is 0 Å². The molecule has 0 rings (SSSR count). The topological polar surface area (TPSA) is 54.4 Å². The van der Waals surface area contributed by atoms with E-state index in [1.165, 1.54) is 0 Å². The van der Waals surface area contributed by atoms with E-state index in [0.717, 1.165) is 0 Å². The summed E-state index contributed by atoms with van der Waals surface area (Å²) in [7, 11) is -4.42. The molecule has 0 spiro atoms. The zero-order valence-corrected chi connectivity index (χ0v) is 6.89. The van der Waals surface area contributed by atoms with E-state index in [1.54, 1.807) is 0 Å². The summed E-state index contributed by atoms with van der Waals surface area (Å²) in [5, 5.41) is 0. The maximum atomic E-state index is 9.97. The van der Waals surface area contributed by atoms with Crippen LogP contribution in [0.3, 0.4) is 0 Å². The van der Waals surface area contributed by atoms with Crippen LogP contribution in [0.5, 0.6) is 0 Å². The van der Waals surface area contributed by atoms with Crippen molar-refractivity contribution in [1.29, 1.82) is 0 Å². The molecule has 1 N–H and O–H groups in total. The third-order valence-corrected chi connectivity index (χ3v) is 2.60. The van der Waals surface area contributed by atoms with Gasteiger partial charge in [0, 0.05) is 0 Å². The molecule has 0 aromatic rings. The molecule has 0 radical (unpaired) electrons. The molecule has 0 saturated carbocycles. The van der Waals surface area contributed by atoms with Crippen LogP contribution in [-0.4, -0.2) is 42.5 Å². The Kier molecular flexibility index (Phi) is 7.34. The van der Waals surface area contributed by atoms with E-state index in [-0.39, 0.29) is 29.6 Å². The summed E-state index contributed by atoms with van der Waals surface area (Å²) in [5.41, 5.74) is 0. The van der Waals surface area contributed by atoms with E-state index >= 15 is 0 Å². The number of rotatable bonds is 1. The molecule has 0 bridgehead atoms. The van der Waals surface area contributed by atoms with Crippen molar-refractivity contribution in [3.8, 4) is 0 Å². The predicted molar refractivity (Wildman–Crippen MR) is 43.3 cm³/mol. The van der Waals surface area contributed by atoms with Crippen LogP contribution in [0.1, 0.15) is 0 Å². The van der Waals surface area contributed by atoms with E-state index in [9.17, 15) is 8.42 Å². The Hall–Kier alpha value is 1.52. The summed E-state index contributed by atoms with van der Waals surface area (Å²) in [6, 6.07) is 0. The molecule has 0 amide bonds. The molecule has 0 aliphatic rings. The van der Waals surface area contributed by atoms with Gasteiger partial charge in [0.25, 0.3) is 0 Å². The molecule has 8 heteroatoms. The summed E-state index contributed by atoms with van der Waals surface area (Å²) in [5.74, 6) is 0. The molecule has 0 aliphatic heterocycles. The minimum atomic E-state index is -4.42. The molecule has 0 saturated heterocycles. The molecule has 10 heavy (non-hydrogen) atoms. The monoisotopic (exact) mass is 234 g/mol. The van der Waals surface area contributed by atoms with Crippen LogP contribution >= 0.6 is 34.8 Å². The zero-order chi connectivity index (χ0) is 7.65. The Labute approximate surface area is 95.4 Å².